The molecule has 148 valence electrons. The van der Waals surface area contributed by atoms with Crippen molar-refractivity contribution in [3.05, 3.63) is 76.1 Å². The first-order valence-corrected chi connectivity index (χ1v) is 9.72. The number of hydrogen-bond acceptors (Lipinski definition) is 5. The van der Waals surface area contributed by atoms with Gasteiger partial charge in [0.2, 0.25) is 5.78 Å². The number of H-pyrrole nitrogens is 1. The van der Waals surface area contributed by atoms with E-state index in [1.165, 1.54) is 12.3 Å². The van der Waals surface area contributed by atoms with Crippen molar-refractivity contribution in [1.82, 2.24) is 4.98 Å². The zero-order valence-electron chi connectivity index (χ0n) is 15.5. The molecule has 1 aliphatic heterocycles. The quantitative estimate of drug-likeness (QED) is 0.480. The molecule has 0 saturated carbocycles. The highest BCUT2D eigenvalue weighted by Gasteiger charge is 2.24. The summed E-state index contributed by atoms with van der Waals surface area (Å²) in [4.78, 5) is 20.9. The average Bonchev–Trinajstić information content (AvgIpc) is 3.18. The lowest BCUT2D eigenvalue weighted by Crippen LogP contribution is -2.30. The fraction of sp³-hybridized carbons (Fsp3) is 0.143. The third kappa shape index (κ3) is 3.75. The normalized spacial score (nSPS) is 12.5. The fourth-order valence-corrected chi connectivity index (χ4v) is 3.72. The third-order valence-corrected chi connectivity index (χ3v) is 5.38. The van der Waals surface area contributed by atoms with Crippen LogP contribution in [-0.2, 0) is 0 Å². The SMILES string of the molecule is COc1ccc(SNc2ccc(F)c(C(=O)c3c[nH]c4c3=CCCN=4)c2F)cc1. The van der Waals surface area contributed by atoms with Crippen molar-refractivity contribution in [3.63, 3.8) is 0 Å². The highest BCUT2D eigenvalue weighted by atomic mass is 32.2. The largest absolute Gasteiger partial charge is 0.497 e. The van der Waals surface area contributed by atoms with Gasteiger partial charge in [0, 0.05) is 28.4 Å². The number of aromatic amines is 1. The number of benzene rings is 2. The summed E-state index contributed by atoms with van der Waals surface area (Å²) >= 11 is 1.15. The Morgan fingerprint density at radius 3 is 2.76 bits per heavy atom. The third-order valence-electron chi connectivity index (χ3n) is 4.55. The van der Waals surface area contributed by atoms with Gasteiger partial charge in [-0.3, -0.25) is 9.79 Å². The van der Waals surface area contributed by atoms with Gasteiger partial charge >= 0.3 is 0 Å². The Hall–Kier alpha value is -3.13. The van der Waals surface area contributed by atoms with Gasteiger partial charge in [-0.2, -0.15) is 0 Å². The zero-order chi connectivity index (χ0) is 20.4. The smallest absolute Gasteiger partial charge is 0.201 e. The second kappa shape index (κ2) is 8.08. The van der Waals surface area contributed by atoms with Crippen molar-refractivity contribution in [2.24, 2.45) is 4.99 Å². The lowest BCUT2D eigenvalue weighted by Gasteiger charge is -2.11. The van der Waals surface area contributed by atoms with Crippen LogP contribution in [0.5, 0.6) is 5.75 Å². The van der Waals surface area contributed by atoms with E-state index in [2.05, 4.69) is 14.7 Å². The number of aromatic nitrogens is 1. The first kappa shape index (κ1) is 19.2. The van der Waals surface area contributed by atoms with Crippen LogP contribution in [0.25, 0.3) is 6.08 Å². The molecule has 0 spiro atoms. The van der Waals surface area contributed by atoms with E-state index in [9.17, 15) is 9.18 Å². The van der Waals surface area contributed by atoms with Gasteiger partial charge in [0.15, 0.2) is 5.82 Å². The molecule has 29 heavy (non-hydrogen) atoms. The number of fused-ring (bicyclic) bond motifs is 1. The topological polar surface area (TPSA) is 66.5 Å². The molecular weight excluding hydrogens is 396 g/mol. The van der Waals surface area contributed by atoms with Crippen LogP contribution in [0, 0.1) is 11.6 Å². The van der Waals surface area contributed by atoms with Crippen LogP contribution in [0.15, 0.2) is 52.5 Å². The molecule has 0 aliphatic carbocycles. The van der Waals surface area contributed by atoms with Gasteiger partial charge < -0.3 is 14.4 Å². The molecule has 4 rings (SSSR count). The second-order valence-electron chi connectivity index (χ2n) is 6.33. The molecule has 2 aromatic carbocycles. The van der Waals surface area contributed by atoms with Gasteiger partial charge in [0.1, 0.15) is 17.1 Å². The maximum absolute atomic E-state index is 15.0. The van der Waals surface area contributed by atoms with E-state index in [1.54, 1.807) is 31.4 Å². The zero-order valence-corrected chi connectivity index (χ0v) is 16.3. The number of nitrogens with one attached hydrogen (secondary N) is 2. The van der Waals surface area contributed by atoms with E-state index in [-0.39, 0.29) is 11.3 Å². The summed E-state index contributed by atoms with van der Waals surface area (Å²) in [5.74, 6) is -1.86. The van der Waals surface area contributed by atoms with Crippen molar-refractivity contribution in [3.8, 4) is 5.75 Å². The van der Waals surface area contributed by atoms with E-state index in [1.807, 2.05) is 6.08 Å². The summed E-state index contributed by atoms with van der Waals surface area (Å²) in [7, 11) is 1.57. The molecule has 1 aromatic heterocycles. The summed E-state index contributed by atoms with van der Waals surface area (Å²) in [6.45, 7) is 0.617. The molecule has 2 heterocycles. The minimum Gasteiger partial charge on any atom is -0.497 e. The molecule has 0 saturated heterocycles. The van der Waals surface area contributed by atoms with Gasteiger partial charge in [-0.25, -0.2) is 8.78 Å². The Kier molecular flexibility index (Phi) is 5.35. The number of ketones is 1. The van der Waals surface area contributed by atoms with Crippen molar-refractivity contribution in [1.29, 1.82) is 0 Å². The standard InChI is InChI=1S/C21H17F2N3O2S/c1-28-12-4-6-13(7-5-12)29-26-17-9-8-16(22)18(19(17)23)20(27)15-11-25-21-14(15)3-2-10-24-21/h3-9,11,26H,2,10H2,1H3,(H,24,25). The Labute approximate surface area is 169 Å². The first-order chi connectivity index (χ1) is 14.1. The molecular formula is C21H17F2N3O2S. The van der Waals surface area contributed by atoms with E-state index >= 15 is 4.39 Å². The Morgan fingerprint density at radius 2 is 2.00 bits per heavy atom. The minimum atomic E-state index is -0.932. The summed E-state index contributed by atoms with van der Waals surface area (Å²) in [5.41, 5.74) is 0.200. The van der Waals surface area contributed by atoms with Gasteiger partial charge in [0.05, 0.1) is 18.4 Å². The Morgan fingerprint density at radius 1 is 1.21 bits per heavy atom. The lowest BCUT2D eigenvalue weighted by molar-refractivity contribution is 0.103. The number of ether oxygens (including phenoxy) is 1. The number of carbonyl (C=O) groups excluding carboxylic acids is 1. The molecule has 5 nitrogen and oxygen atoms in total. The van der Waals surface area contributed by atoms with Gasteiger partial charge in [-0.05, 0) is 54.8 Å². The highest BCUT2D eigenvalue weighted by molar-refractivity contribution is 8.00. The van der Waals surface area contributed by atoms with E-state index in [4.69, 9.17) is 4.74 Å². The number of hydrogen-bond donors (Lipinski definition) is 2. The molecule has 3 aromatic rings. The van der Waals surface area contributed by atoms with E-state index < -0.39 is 23.0 Å². The average molecular weight is 413 g/mol. The number of anilines is 1. The fourth-order valence-electron chi connectivity index (χ4n) is 3.07. The molecule has 0 radical (unpaired) electrons. The van der Waals surface area contributed by atoms with Crippen LogP contribution in [0.1, 0.15) is 22.3 Å². The molecule has 0 unspecified atom stereocenters. The predicted molar refractivity (Wildman–Crippen MR) is 108 cm³/mol. The molecule has 0 fully saturated rings. The maximum atomic E-state index is 15.0. The van der Waals surface area contributed by atoms with Crippen LogP contribution >= 0.6 is 11.9 Å². The number of methoxy groups -OCH3 is 1. The number of rotatable bonds is 6. The van der Waals surface area contributed by atoms with Crippen molar-refractivity contribution < 1.29 is 18.3 Å². The van der Waals surface area contributed by atoms with Crippen LogP contribution in [0.2, 0.25) is 0 Å². The number of carbonyl (C=O) groups is 1. The van der Waals surface area contributed by atoms with Crippen LogP contribution < -0.4 is 20.2 Å². The van der Waals surface area contributed by atoms with Crippen LogP contribution in [0.3, 0.4) is 0 Å². The van der Waals surface area contributed by atoms with Crippen LogP contribution in [0.4, 0.5) is 14.5 Å². The summed E-state index contributed by atoms with van der Waals surface area (Å²) in [6.07, 6.45) is 3.98. The number of nitrogens with zero attached hydrogens (tertiary/aromatic N) is 1. The Bertz CT molecular complexity index is 1190. The molecule has 8 heteroatoms. The van der Waals surface area contributed by atoms with Crippen molar-refractivity contribution in [2.45, 2.75) is 11.3 Å². The molecule has 0 atom stereocenters. The number of halogens is 2. The predicted octanol–water partition coefficient (Wildman–Crippen LogP) is 3.46. The highest BCUT2D eigenvalue weighted by Crippen LogP contribution is 2.28. The van der Waals surface area contributed by atoms with Crippen molar-refractivity contribution in [2.75, 3.05) is 18.4 Å². The molecule has 1 aliphatic rings. The summed E-state index contributed by atoms with van der Waals surface area (Å²) in [6, 6.07) is 9.50. The monoisotopic (exact) mass is 413 g/mol. The molecule has 0 amide bonds. The van der Waals surface area contributed by atoms with Gasteiger partial charge in [-0.15, -0.1) is 0 Å². The summed E-state index contributed by atoms with van der Waals surface area (Å²) in [5, 5.41) is 0.589. The summed E-state index contributed by atoms with van der Waals surface area (Å²) < 4.78 is 37.4. The van der Waals surface area contributed by atoms with E-state index in [0.717, 1.165) is 22.9 Å². The second-order valence-corrected chi connectivity index (χ2v) is 7.21. The lowest BCUT2D eigenvalue weighted by atomic mass is 10.0. The first-order valence-electron chi connectivity index (χ1n) is 8.90. The van der Waals surface area contributed by atoms with Crippen LogP contribution in [-0.4, -0.2) is 24.4 Å². The molecule has 0 bridgehead atoms. The maximum Gasteiger partial charge on any atom is 0.201 e. The van der Waals surface area contributed by atoms with Gasteiger partial charge in [0.25, 0.3) is 0 Å². The van der Waals surface area contributed by atoms with Crippen molar-refractivity contribution >= 4 is 29.5 Å². The minimum absolute atomic E-state index is 0.0219. The molecule has 2 N–H and O–H groups in total. The van der Waals surface area contributed by atoms with E-state index in [0.29, 0.717) is 29.4 Å². The van der Waals surface area contributed by atoms with Gasteiger partial charge in [-0.1, -0.05) is 6.08 Å². The Balaban J connectivity index is 1.63.